The zero-order valence-corrected chi connectivity index (χ0v) is 9.40. The normalized spacial score (nSPS) is 9.07. The van der Waals surface area contributed by atoms with Gasteiger partial charge in [0, 0.05) is 17.6 Å². The summed E-state index contributed by atoms with van der Waals surface area (Å²) in [6.07, 6.45) is 0. The maximum Gasteiger partial charge on any atom is 0.162 e. The number of nitrogens with two attached hydrogens (primary N) is 1. The fraction of sp³-hybridized carbons (Fsp3) is 0.333. The van der Waals surface area contributed by atoms with Crippen molar-refractivity contribution in [3.63, 3.8) is 0 Å². The fourth-order valence-corrected chi connectivity index (χ4v) is 1.09. The van der Waals surface area contributed by atoms with E-state index in [4.69, 9.17) is 26.8 Å². The Morgan fingerprint density at radius 1 is 1.36 bits per heavy atom. The molecule has 0 radical (unpaired) electrons. The van der Waals surface area contributed by atoms with E-state index < -0.39 is 0 Å². The molecule has 0 atom stereocenters. The highest BCUT2D eigenvalue weighted by molar-refractivity contribution is 6.30. The molecule has 0 aromatic heterocycles. The Morgan fingerprint density at radius 3 is 2.64 bits per heavy atom. The van der Waals surface area contributed by atoms with E-state index in [0.717, 1.165) is 0 Å². The van der Waals surface area contributed by atoms with Crippen molar-refractivity contribution < 1.29 is 9.47 Å². The maximum atomic E-state index is 5.77. The molecule has 0 aliphatic rings. The summed E-state index contributed by atoms with van der Waals surface area (Å²) in [5.41, 5.74) is 5.31. The highest BCUT2D eigenvalue weighted by Crippen LogP contribution is 2.29. The number of halogens is 2. The minimum atomic E-state index is 0. The second-order valence-corrected chi connectivity index (χ2v) is 2.87. The largest absolute Gasteiger partial charge is 0.493 e. The number of hydrogen-bond donors (Lipinski definition) is 1. The molecule has 1 aromatic carbocycles. The van der Waals surface area contributed by atoms with Crippen molar-refractivity contribution >= 4 is 24.0 Å². The van der Waals surface area contributed by atoms with Crippen LogP contribution < -0.4 is 15.2 Å². The highest BCUT2D eigenvalue weighted by Gasteiger charge is 2.03. The van der Waals surface area contributed by atoms with E-state index in [9.17, 15) is 0 Å². The smallest absolute Gasteiger partial charge is 0.162 e. The molecule has 5 heteroatoms. The lowest BCUT2D eigenvalue weighted by atomic mass is 10.3. The van der Waals surface area contributed by atoms with E-state index in [1.807, 2.05) is 0 Å². The first kappa shape index (κ1) is 13.4. The highest BCUT2D eigenvalue weighted by atomic mass is 35.5. The zero-order valence-electron chi connectivity index (χ0n) is 7.83. The number of ether oxygens (including phenoxy) is 2. The minimum absolute atomic E-state index is 0. The van der Waals surface area contributed by atoms with Crippen molar-refractivity contribution in [1.29, 1.82) is 0 Å². The van der Waals surface area contributed by atoms with Gasteiger partial charge in [-0.2, -0.15) is 0 Å². The van der Waals surface area contributed by atoms with Gasteiger partial charge in [-0.05, 0) is 12.1 Å². The third-order valence-corrected chi connectivity index (χ3v) is 1.74. The van der Waals surface area contributed by atoms with Crippen molar-refractivity contribution in [1.82, 2.24) is 0 Å². The Labute approximate surface area is 94.5 Å². The summed E-state index contributed by atoms with van der Waals surface area (Å²) < 4.78 is 10.4. The molecule has 80 valence electrons. The Bertz CT molecular complexity index is 282. The van der Waals surface area contributed by atoms with Gasteiger partial charge in [-0.15, -0.1) is 12.4 Å². The predicted molar refractivity (Wildman–Crippen MR) is 59.8 cm³/mol. The number of hydrogen-bond acceptors (Lipinski definition) is 3. The van der Waals surface area contributed by atoms with Crippen molar-refractivity contribution in [2.24, 2.45) is 5.73 Å². The molecule has 2 N–H and O–H groups in total. The van der Waals surface area contributed by atoms with Crippen LogP contribution in [0.4, 0.5) is 0 Å². The average molecular weight is 238 g/mol. The summed E-state index contributed by atoms with van der Waals surface area (Å²) in [6.45, 7) is 0.948. The molecular weight excluding hydrogens is 225 g/mol. The second-order valence-electron chi connectivity index (χ2n) is 2.43. The molecule has 0 aliphatic carbocycles. The van der Waals surface area contributed by atoms with Crippen LogP contribution in [0.25, 0.3) is 0 Å². The SMILES string of the molecule is COc1cc(Cl)ccc1OCCN.Cl. The van der Waals surface area contributed by atoms with E-state index in [2.05, 4.69) is 0 Å². The van der Waals surface area contributed by atoms with E-state index in [1.54, 1.807) is 25.3 Å². The van der Waals surface area contributed by atoms with E-state index in [-0.39, 0.29) is 12.4 Å². The molecule has 0 saturated carbocycles. The average Bonchev–Trinajstić information content (AvgIpc) is 2.16. The molecule has 0 amide bonds. The molecule has 0 heterocycles. The van der Waals surface area contributed by atoms with E-state index in [1.165, 1.54) is 0 Å². The van der Waals surface area contributed by atoms with Crippen molar-refractivity contribution in [3.05, 3.63) is 23.2 Å². The lowest BCUT2D eigenvalue weighted by Gasteiger charge is -2.09. The molecule has 3 nitrogen and oxygen atoms in total. The fourth-order valence-electron chi connectivity index (χ4n) is 0.930. The molecule has 0 bridgehead atoms. The Morgan fingerprint density at radius 2 is 2.07 bits per heavy atom. The van der Waals surface area contributed by atoms with Crippen LogP contribution in [0, 0.1) is 0 Å². The van der Waals surface area contributed by atoms with Crippen LogP contribution in [0.3, 0.4) is 0 Å². The second kappa shape index (κ2) is 6.76. The minimum Gasteiger partial charge on any atom is -0.493 e. The van der Waals surface area contributed by atoms with Crippen molar-refractivity contribution in [2.75, 3.05) is 20.3 Å². The van der Waals surface area contributed by atoms with Gasteiger partial charge in [-0.25, -0.2) is 0 Å². The van der Waals surface area contributed by atoms with Gasteiger partial charge < -0.3 is 15.2 Å². The number of methoxy groups -OCH3 is 1. The lowest BCUT2D eigenvalue weighted by Crippen LogP contribution is -2.10. The van der Waals surface area contributed by atoms with Crippen molar-refractivity contribution in [3.8, 4) is 11.5 Å². The first-order chi connectivity index (χ1) is 6.27. The van der Waals surface area contributed by atoms with Gasteiger partial charge in [0.05, 0.1) is 7.11 Å². The van der Waals surface area contributed by atoms with Crippen LogP contribution in [0.5, 0.6) is 11.5 Å². The lowest BCUT2D eigenvalue weighted by molar-refractivity contribution is 0.302. The van der Waals surface area contributed by atoms with Crippen LogP contribution in [0.15, 0.2) is 18.2 Å². The predicted octanol–water partition coefficient (Wildman–Crippen LogP) is 2.11. The molecule has 1 rings (SSSR count). The Hall–Kier alpha value is -0.640. The van der Waals surface area contributed by atoms with Crippen LogP contribution in [0.1, 0.15) is 0 Å². The van der Waals surface area contributed by atoms with Gasteiger partial charge in [-0.1, -0.05) is 11.6 Å². The van der Waals surface area contributed by atoms with E-state index in [0.29, 0.717) is 29.7 Å². The van der Waals surface area contributed by atoms with Gasteiger partial charge in [0.1, 0.15) is 6.61 Å². The Kier molecular flexibility index (Phi) is 6.45. The number of rotatable bonds is 4. The third kappa shape index (κ3) is 3.62. The van der Waals surface area contributed by atoms with Crippen LogP contribution in [0.2, 0.25) is 5.02 Å². The molecular formula is C9H13Cl2NO2. The topological polar surface area (TPSA) is 44.5 Å². The quantitative estimate of drug-likeness (QED) is 0.873. The molecule has 0 fully saturated rings. The summed E-state index contributed by atoms with van der Waals surface area (Å²) in [6, 6.07) is 5.21. The third-order valence-electron chi connectivity index (χ3n) is 1.50. The summed E-state index contributed by atoms with van der Waals surface area (Å²) in [5, 5.41) is 0.622. The van der Waals surface area contributed by atoms with Gasteiger partial charge in [-0.3, -0.25) is 0 Å². The first-order valence-electron chi connectivity index (χ1n) is 3.94. The molecule has 0 unspecified atom stereocenters. The summed E-state index contributed by atoms with van der Waals surface area (Å²) in [5.74, 6) is 1.29. The molecule has 14 heavy (non-hydrogen) atoms. The maximum absolute atomic E-state index is 5.77. The van der Waals surface area contributed by atoms with Crippen molar-refractivity contribution in [2.45, 2.75) is 0 Å². The van der Waals surface area contributed by atoms with Crippen LogP contribution in [-0.2, 0) is 0 Å². The van der Waals surface area contributed by atoms with Gasteiger partial charge in [0.2, 0.25) is 0 Å². The van der Waals surface area contributed by atoms with Crippen LogP contribution in [-0.4, -0.2) is 20.3 Å². The van der Waals surface area contributed by atoms with Gasteiger partial charge >= 0.3 is 0 Å². The number of benzene rings is 1. The molecule has 0 aliphatic heterocycles. The summed E-state index contributed by atoms with van der Waals surface area (Å²) in [4.78, 5) is 0. The standard InChI is InChI=1S/C9H12ClNO2.ClH/c1-12-9-6-7(10)2-3-8(9)13-5-4-11;/h2-3,6H,4-5,11H2,1H3;1H. The van der Waals surface area contributed by atoms with E-state index >= 15 is 0 Å². The zero-order chi connectivity index (χ0) is 9.68. The Balaban J connectivity index is 0.00000169. The molecule has 0 saturated heterocycles. The molecule has 0 spiro atoms. The van der Waals surface area contributed by atoms with Gasteiger partial charge in [0.25, 0.3) is 0 Å². The van der Waals surface area contributed by atoms with Crippen LogP contribution >= 0.6 is 24.0 Å². The summed E-state index contributed by atoms with van der Waals surface area (Å²) in [7, 11) is 1.57. The first-order valence-corrected chi connectivity index (χ1v) is 4.32. The van der Waals surface area contributed by atoms with Gasteiger partial charge in [0.15, 0.2) is 11.5 Å². The molecule has 1 aromatic rings. The summed E-state index contributed by atoms with van der Waals surface area (Å²) >= 11 is 5.77. The monoisotopic (exact) mass is 237 g/mol.